The predicted molar refractivity (Wildman–Crippen MR) is 85.8 cm³/mol. The zero-order valence-electron chi connectivity index (χ0n) is 10.9. The highest BCUT2D eigenvalue weighted by Crippen LogP contribution is 2.32. The third-order valence-corrected chi connectivity index (χ3v) is 4.36. The summed E-state index contributed by atoms with van der Waals surface area (Å²) in [6, 6.07) is 9.29. The third kappa shape index (κ3) is 3.28. The number of hydrogen-bond acceptors (Lipinski definition) is 5. The van der Waals surface area contributed by atoms with E-state index in [0.717, 1.165) is 9.35 Å². The molecule has 21 heavy (non-hydrogen) atoms. The standard InChI is InChI=1S/C14H10BrClN2O2S/c1-8(19-11-5-4-9(15)7-10(11)16)13-17-18-14(20-13)12-3-2-6-21-12/h2-8H,1H3/t8-/m1/s1. The molecule has 0 spiro atoms. The molecule has 0 aliphatic rings. The van der Waals surface area contributed by atoms with Gasteiger partial charge >= 0.3 is 0 Å². The summed E-state index contributed by atoms with van der Waals surface area (Å²) in [5, 5.41) is 10.5. The smallest absolute Gasteiger partial charge is 0.257 e. The lowest BCUT2D eigenvalue weighted by Crippen LogP contribution is -2.03. The molecule has 3 rings (SSSR count). The molecule has 0 bridgehead atoms. The summed E-state index contributed by atoms with van der Waals surface area (Å²) in [5.74, 6) is 1.48. The fourth-order valence-electron chi connectivity index (χ4n) is 1.71. The summed E-state index contributed by atoms with van der Waals surface area (Å²) >= 11 is 11.0. The van der Waals surface area contributed by atoms with E-state index in [2.05, 4.69) is 26.1 Å². The molecule has 0 saturated heterocycles. The zero-order chi connectivity index (χ0) is 14.8. The van der Waals surface area contributed by atoms with Gasteiger partial charge in [-0.15, -0.1) is 21.5 Å². The molecule has 7 heteroatoms. The molecule has 0 radical (unpaired) electrons. The van der Waals surface area contributed by atoms with Gasteiger partial charge in [0.15, 0.2) is 6.10 Å². The first-order chi connectivity index (χ1) is 10.1. The molecule has 0 unspecified atom stereocenters. The van der Waals surface area contributed by atoms with E-state index < -0.39 is 0 Å². The first-order valence-corrected chi connectivity index (χ1v) is 8.17. The Morgan fingerprint density at radius 1 is 1.33 bits per heavy atom. The van der Waals surface area contributed by atoms with Gasteiger partial charge in [0.25, 0.3) is 11.8 Å². The first-order valence-electron chi connectivity index (χ1n) is 6.12. The second-order valence-corrected chi connectivity index (χ2v) is 6.53. The van der Waals surface area contributed by atoms with Crippen LogP contribution in [0.4, 0.5) is 0 Å². The Labute approximate surface area is 138 Å². The second-order valence-electron chi connectivity index (χ2n) is 4.26. The van der Waals surface area contributed by atoms with Crippen molar-refractivity contribution in [3.8, 4) is 16.5 Å². The average Bonchev–Trinajstić information content (AvgIpc) is 3.10. The molecule has 4 nitrogen and oxygen atoms in total. The van der Waals surface area contributed by atoms with Crippen molar-refractivity contribution in [2.24, 2.45) is 0 Å². The van der Waals surface area contributed by atoms with Crippen LogP contribution < -0.4 is 4.74 Å². The number of hydrogen-bond donors (Lipinski definition) is 0. The van der Waals surface area contributed by atoms with Crippen LogP contribution in [-0.4, -0.2) is 10.2 Å². The Morgan fingerprint density at radius 3 is 2.90 bits per heavy atom. The summed E-state index contributed by atoms with van der Waals surface area (Å²) in [5.41, 5.74) is 0. The van der Waals surface area contributed by atoms with Crippen LogP contribution in [0.15, 0.2) is 44.6 Å². The molecular weight excluding hydrogens is 376 g/mol. The number of ether oxygens (including phenoxy) is 1. The van der Waals surface area contributed by atoms with Crippen molar-refractivity contribution in [1.82, 2.24) is 10.2 Å². The zero-order valence-corrected chi connectivity index (χ0v) is 14.1. The Morgan fingerprint density at radius 2 is 2.19 bits per heavy atom. The van der Waals surface area contributed by atoms with E-state index in [4.69, 9.17) is 20.8 Å². The summed E-state index contributed by atoms with van der Waals surface area (Å²) in [7, 11) is 0. The van der Waals surface area contributed by atoms with Crippen molar-refractivity contribution in [1.29, 1.82) is 0 Å². The number of nitrogens with zero attached hydrogens (tertiary/aromatic N) is 2. The van der Waals surface area contributed by atoms with Gasteiger partial charge in [0.05, 0.1) is 9.90 Å². The Hall–Kier alpha value is -1.37. The lowest BCUT2D eigenvalue weighted by Gasteiger charge is -2.12. The fourth-order valence-corrected chi connectivity index (χ4v) is 3.07. The van der Waals surface area contributed by atoms with Gasteiger partial charge < -0.3 is 9.15 Å². The van der Waals surface area contributed by atoms with Gasteiger partial charge in [-0.3, -0.25) is 0 Å². The number of rotatable bonds is 4. The molecule has 0 fully saturated rings. The molecule has 1 aromatic carbocycles. The van der Waals surface area contributed by atoms with Crippen LogP contribution in [0.2, 0.25) is 5.02 Å². The number of halogens is 2. The molecule has 108 valence electrons. The van der Waals surface area contributed by atoms with Gasteiger partial charge in [-0.05, 0) is 36.6 Å². The van der Waals surface area contributed by atoms with Crippen molar-refractivity contribution in [3.05, 3.63) is 51.1 Å². The van der Waals surface area contributed by atoms with Gasteiger partial charge in [0.1, 0.15) is 5.75 Å². The fraction of sp³-hybridized carbons (Fsp3) is 0.143. The van der Waals surface area contributed by atoms with E-state index in [9.17, 15) is 0 Å². The third-order valence-electron chi connectivity index (χ3n) is 2.72. The number of benzene rings is 1. The molecule has 2 heterocycles. The lowest BCUT2D eigenvalue weighted by molar-refractivity contribution is 0.190. The van der Waals surface area contributed by atoms with E-state index >= 15 is 0 Å². The maximum atomic E-state index is 6.13. The minimum Gasteiger partial charge on any atom is -0.479 e. The molecule has 0 N–H and O–H groups in total. The van der Waals surface area contributed by atoms with Crippen LogP contribution in [0.1, 0.15) is 18.9 Å². The molecule has 1 atom stereocenters. The maximum absolute atomic E-state index is 6.13. The van der Waals surface area contributed by atoms with Crippen LogP contribution in [0, 0.1) is 0 Å². The van der Waals surface area contributed by atoms with Crippen molar-refractivity contribution in [2.75, 3.05) is 0 Å². The van der Waals surface area contributed by atoms with Gasteiger partial charge in [0, 0.05) is 4.47 Å². The summed E-state index contributed by atoms with van der Waals surface area (Å²) in [6.45, 7) is 1.84. The molecule has 0 aliphatic heterocycles. The van der Waals surface area contributed by atoms with Gasteiger partial charge in [-0.2, -0.15) is 0 Å². The van der Waals surface area contributed by atoms with Crippen molar-refractivity contribution < 1.29 is 9.15 Å². The summed E-state index contributed by atoms with van der Waals surface area (Å²) in [4.78, 5) is 0.933. The Balaban J connectivity index is 1.78. The molecule has 0 amide bonds. The number of thiophene rings is 1. The van der Waals surface area contributed by atoms with E-state index in [0.29, 0.717) is 22.6 Å². The van der Waals surface area contributed by atoms with Crippen molar-refractivity contribution in [3.63, 3.8) is 0 Å². The Kier molecular flexibility index (Phi) is 4.28. The van der Waals surface area contributed by atoms with Crippen molar-refractivity contribution in [2.45, 2.75) is 13.0 Å². The molecule has 3 aromatic rings. The predicted octanol–water partition coefficient (Wildman–Crippen LogP) is 5.35. The molecule has 0 saturated carbocycles. The highest BCUT2D eigenvalue weighted by Gasteiger charge is 2.18. The quantitative estimate of drug-likeness (QED) is 0.607. The van der Waals surface area contributed by atoms with E-state index in [1.807, 2.05) is 30.5 Å². The Bertz CT molecular complexity index is 745. The van der Waals surface area contributed by atoms with Crippen LogP contribution in [0.3, 0.4) is 0 Å². The highest BCUT2D eigenvalue weighted by molar-refractivity contribution is 9.10. The first kappa shape index (κ1) is 14.6. The monoisotopic (exact) mass is 384 g/mol. The average molecular weight is 386 g/mol. The largest absolute Gasteiger partial charge is 0.479 e. The lowest BCUT2D eigenvalue weighted by atomic mass is 10.3. The van der Waals surface area contributed by atoms with Crippen LogP contribution in [0.25, 0.3) is 10.8 Å². The van der Waals surface area contributed by atoms with E-state index in [1.165, 1.54) is 0 Å². The summed E-state index contributed by atoms with van der Waals surface area (Å²) < 4.78 is 12.3. The van der Waals surface area contributed by atoms with Crippen molar-refractivity contribution >= 4 is 38.9 Å². The number of aromatic nitrogens is 2. The van der Waals surface area contributed by atoms with E-state index in [-0.39, 0.29) is 6.10 Å². The minimum absolute atomic E-state index is 0.384. The normalized spacial score (nSPS) is 12.3. The van der Waals surface area contributed by atoms with Gasteiger partial charge in [-0.25, -0.2) is 0 Å². The molecule has 2 aromatic heterocycles. The van der Waals surface area contributed by atoms with Crippen LogP contribution >= 0.6 is 38.9 Å². The molecular formula is C14H10BrClN2O2S. The SMILES string of the molecule is C[C@@H](Oc1ccc(Br)cc1Cl)c1nnc(-c2cccs2)o1. The highest BCUT2D eigenvalue weighted by atomic mass is 79.9. The minimum atomic E-state index is -0.384. The maximum Gasteiger partial charge on any atom is 0.257 e. The summed E-state index contributed by atoms with van der Waals surface area (Å²) in [6.07, 6.45) is -0.384. The van der Waals surface area contributed by atoms with E-state index in [1.54, 1.807) is 23.5 Å². The molecule has 0 aliphatic carbocycles. The van der Waals surface area contributed by atoms with Crippen LogP contribution in [-0.2, 0) is 0 Å². The van der Waals surface area contributed by atoms with Gasteiger partial charge in [-0.1, -0.05) is 33.6 Å². The topological polar surface area (TPSA) is 48.2 Å². The van der Waals surface area contributed by atoms with Crippen LogP contribution in [0.5, 0.6) is 5.75 Å². The second kappa shape index (κ2) is 6.17. The van der Waals surface area contributed by atoms with Gasteiger partial charge in [0.2, 0.25) is 0 Å².